The van der Waals surface area contributed by atoms with Crippen LogP contribution in [0.2, 0.25) is 0 Å². The molecule has 136 valence electrons. The highest BCUT2D eigenvalue weighted by atomic mass is 16.5. The first kappa shape index (κ1) is 18.0. The van der Waals surface area contributed by atoms with Crippen molar-refractivity contribution in [3.05, 3.63) is 12.2 Å². The summed E-state index contributed by atoms with van der Waals surface area (Å²) in [6.07, 6.45) is 7.02. The maximum absolute atomic E-state index is 13.0. The highest BCUT2D eigenvalue weighted by Crippen LogP contribution is 2.54. The van der Waals surface area contributed by atoms with Gasteiger partial charge >= 0.3 is 5.97 Å². The van der Waals surface area contributed by atoms with E-state index >= 15 is 0 Å². The normalized spacial score (nSPS) is 35.3. The van der Waals surface area contributed by atoms with Crippen LogP contribution < -0.4 is 0 Å². The Morgan fingerprint density at radius 3 is 2.76 bits per heavy atom. The average molecular weight is 344 g/mol. The quantitative estimate of drug-likeness (QED) is 0.579. The number of hydrogen-bond donors (Lipinski definition) is 0. The van der Waals surface area contributed by atoms with Crippen molar-refractivity contribution >= 4 is 11.9 Å². The molecule has 0 bridgehead atoms. The van der Waals surface area contributed by atoms with Crippen LogP contribution in [-0.4, -0.2) is 34.5 Å². The summed E-state index contributed by atoms with van der Waals surface area (Å²) in [6, 6.07) is 2.05. The zero-order valence-corrected chi connectivity index (χ0v) is 15.3. The Bertz CT molecular complexity index is 623. The molecule has 3 fully saturated rings. The molecule has 1 aliphatic carbocycles. The SMILES string of the molecule is C=C(C#N)[C@H](C[C@H]1CCC[C@@]23CCC[C@@H]2[C@@H](C)CC(=O)N13)OC(C)=O. The summed E-state index contributed by atoms with van der Waals surface area (Å²) < 4.78 is 5.35. The monoisotopic (exact) mass is 344 g/mol. The van der Waals surface area contributed by atoms with Gasteiger partial charge in [-0.1, -0.05) is 19.9 Å². The van der Waals surface area contributed by atoms with Gasteiger partial charge in [0.25, 0.3) is 0 Å². The van der Waals surface area contributed by atoms with E-state index in [-0.39, 0.29) is 23.1 Å². The standard InChI is InChI=1S/C20H28N2O3/c1-13-10-19(24)22-16(11-18(14(2)12-21)25-15(3)23)6-4-8-20(22)9-5-7-17(13)20/h13,16-18H,2,4-11H2,1,3H3/t13-,16+,17+,18-,20+/m0/s1. The van der Waals surface area contributed by atoms with E-state index in [0.717, 1.165) is 25.7 Å². The Morgan fingerprint density at radius 1 is 1.44 bits per heavy atom. The van der Waals surface area contributed by atoms with Gasteiger partial charge in [-0.2, -0.15) is 5.26 Å². The molecule has 0 radical (unpaired) electrons. The van der Waals surface area contributed by atoms with Crippen molar-refractivity contribution in [3.63, 3.8) is 0 Å². The third kappa shape index (κ3) is 3.07. The van der Waals surface area contributed by atoms with Gasteiger partial charge in [0.1, 0.15) is 6.10 Å². The van der Waals surface area contributed by atoms with Crippen LogP contribution in [0.4, 0.5) is 0 Å². The lowest BCUT2D eigenvalue weighted by Gasteiger charge is -2.57. The van der Waals surface area contributed by atoms with Crippen LogP contribution in [0.1, 0.15) is 65.2 Å². The van der Waals surface area contributed by atoms with Crippen LogP contribution in [0.15, 0.2) is 12.2 Å². The Labute approximate surface area is 150 Å². The van der Waals surface area contributed by atoms with E-state index in [2.05, 4.69) is 18.4 Å². The number of esters is 1. The van der Waals surface area contributed by atoms with Gasteiger partial charge in [0, 0.05) is 31.3 Å². The van der Waals surface area contributed by atoms with Crippen molar-refractivity contribution in [3.8, 4) is 6.07 Å². The van der Waals surface area contributed by atoms with Crippen LogP contribution in [-0.2, 0) is 14.3 Å². The largest absolute Gasteiger partial charge is 0.457 e. The van der Waals surface area contributed by atoms with Gasteiger partial charge in [-0.3, -0.25) is 9.59 Å². The lowest BCUT2D eigenvalue weighted by atomic mass is 9.67. The lowest BCUT2D eigenvalue weighted by Crippen LogP contribution is -2.65. The molecular weight excluding hydrogens is 316 g/mol. The summed E-state index contributed by atoms with van der Waals surface area (Å²) >= 11 is 0. The summed E-state index contributed by atoms with van der Waals surface area (Å²) in [4.78, 5) is 26.5. The molecule has 2 aliphatic heterocycles. The topological polar surface area (TPSA) is 70.4 Å². The van der Waals surface area contributed by atoms with E-state index < -0.39 is 12.1 Å². The minimum absolute atomic E-state index is 0.00752. The molecule has 1 saturated carbocycles. The predicted molar refractivity (Wildman–Crippen MR) is 93.3 cm³/mol. The second-order valence-electron chi connectivity index (χ2n) is 8.06. The van der Waals surface area contributed by atoms with E-state index in [9.17, 15) is 14.9 Å². The molecule has 0 N–H and O–H groups in total. The molecule has 2 saturated heterocycles. The summed E-state index contributed by atoms with van der Waals surface area (Å²) in [5.41, 5.74) is 0.252. The van der Waals surface area contributed by atoms with Gasteiger partial charge in [0.15, 0.2) is 0 Å². The maximum atomic E-state index is 13.0. The van der Waals surface area contributed by atoms with Crippen molar-refractivity contribution in [2.75, 3.05) is 0 Å². The lowest BCUT2D eigenvalue weighted by molar-refractivity contribution is -0.161. The van der Waals surface area contributed by atoms with Gasteiger partial charge in [-0.05, 0) is 43.9 Å². The number of carbonyl (C=O) groups is 2. The van der Waals surface area contributed by atoms with Crippen LogP contribution in [0.3, 0.4) is 0 Å². The zero-order chi connectivity index (χ0) is 18.2. The first-order valence-corrected chi connectivity index (χ1v) is 9.47. The summed E-state index contributed by atoms with van der Waals surface area (Å²) in [6.45, 7) is 7.32. The number of carbonyl (C=O) groups excluding carboxylic acids is 2. The minimum atomic E-state index is -0.630. The molecule has 25 heavy (non-hydrogen) atoms. The first-order chi connectivity index (χ1) is 11.9. The Hall–Kier alpha value is -1.83. The number of amides is 1. The molecule has 5 nitrogen and oxygen atoms in total. The summed E-state index contributed by atoms with van der Waals surface area (Å²) in [5, 5.41) is 9.19. The van der Waals surface area contributed by atoms with Gasteiger partial charge < -0.3 is 9.64 Å². The maximum Gasteiger partial charge on any atom is 0.303 e. The molecule has 3 aliphatic rings. The average Bonchev–Trinajstić information content (AvgIpc) is 2.97. The molecule has 1 spiro atoms. The van der Waals surface area contributed by atoms with Crippen molar-refractivity contribution in [2.24, 2.45) is 11.8 Å². The first-order valence-electron chi connectivity index (χ1n) is 9.47. The minimum Gasteiger partial charge on any atom is -0.457 e. The van der Waals surface area contributed by atoms with E-state index in [1.54, 1.807) is 0 Å². The van der Waals surface area contributed by atoms with Gasteiger partial charge in [-0.25, -0.2) is 0 Å². The number of hydrogen-bond acceptors (Lipinski definition) is 4. The van der Waals surface area contributed by atoms with E-state index in [1.165, 1.54) is 19.8 Å². The fourth-order valence-corrected chi connectivity index (χ4v) is 5.73. The van der Waals surface area contributed by atoms with E-state index in [0.29, 0.717) is 24.7 Å². The van der Waals surface area contributed by atoms with Crippen molar-refractivity contribution in [2.45, 2.75) is 82.9 Å². The molecule has 2 heterocycles. The highest BCUT2D eigenvalue weighted by Gasteiger charge is 2.57. The van der Waals surface area contributed by atoms with Crippen LogP contribution in [0.25, 0.3) is 0 Å². The number of ether oxygens (including phenoxy) is 1. The predicted octanol–water partition coefficient (Wildman–Crippen LogP) is 3.35. The molecule has 0 unspecified atom stereocenters. The number of piperidine rings is 2. The zero-order valence-electron chi connectivity index (χ0n) is 15.3. The third-order valence-corrected chi connectivity index (χ3v) is 6.59. The summed E-state index contributed by atoms with van der Waals surface area (Å²) in [7, 11) is 0. The molecule has 1 amide bonds. The van der Waals surface area contributed by atoms with Crippen LogP contribution in [0, 0.1) is 23.2 Å². The van der Waals surface area contributed by atoms with Crippen molar-refractivity contribution in [1.82, 2.24) is 4.90 Å². The Kier molecular flexibility index (Phi) is 4.90. The van der Waals surface area contributed by atoms with Crippen molar-refractivity contribution < 1.29 is 14.3 Å². The third-order valence-electron chi connectivity index (χ3n) is 6.59. The Balaban J connectivity index is 1.86. The Morgan fingerprint density at radius 2 is 2.12 bits per heavy atom. The van der Waals surface area contributed by atoms with Crippen LogP contribution in [0.5, 0.6) is 0 Å². The summed E-state index contributed by atoms with van der Waals surface area (Å²) in [5.74, 6) is 0.853. The highest BCUT2D eigenvalue weighted by molar-refractivity contribution is 5.79. The molecule has 5 heteroatoms. The number of nitriles is 1. The second kappa shape index (κ2) is 6.82. The molecule has 0 aromatic heterocycles. The fourth-order valence-electron chi connectivity index (χ4n) is 5.73. The molecular formula is C20H28N2O3. The van der Waals surface area contributed by atoms with E-state index in [1.807, 2.05) is 6.07 Å². The second-order valence-corrected chi connectivity index (χ2v) is 8.06. The number of rotatable bonds is 4. The fraction of sp³-hybridized carbons (Fsp3) is 0.750. The molecule has 3 rings (SSSR count). The van der Waals surface area contributed by atoms with Gasteiger partial charge in [-0.15, -0.1) is 0 Å². The van der Waals surface area contributed by atoms with Crippen molar-refractivity contribution in [1.29, 1.82) is 5.26 Å². The van der Waals surface area contributed by atoms with Gasteiger partial charge in [0.2, 0.25) is 5.91 Å². The molecule has 5 atom stereocenters. The van der Waals surface area contributed by atoms with E-state index in [4.69, 9.17) is 4.74 Å². The smallest absolute Gasteiger partial charge is 0.303 e. The molecule has 0 aromatic rings. The van der Waals surface area contributed by atoms with Crippen LogP contribution >= 0.6 is 0 Å². The van der Waals surface area contributed by atoms with Gasteiger partial charge in [0.05, 0.1) is 11.6 Å². The molecule has 0 aromatic carbocycles. The number of nitrogens with zero attached hydrogens (tertiary/aromatic N) is 2.